The molecule has 2 aromatic rings. The summed E-state index contributed by atoms with van der Waals surface area (Å²) in [7, 11) is 1.30. The number of anilines is 1. The number of nitrogens with one attached hydrogen (secondary N) is 2. The van der Waals surface area contributed by atoms with E-state index in [0.717, 1.165) is 11.1 Å². The van der Waals surface area contributed by atoms with Crippen molar-refractivity contribution in [2.45, 2.75) is 13.8 Å². The molecule has 0 atom stereocenters. The van der Waals surface area contributed by atoms with Crippen LogP contribution in [-0.2, 0) is 14.3 Å². The van der Waals surface area contributed by atoms with Crippen LogP contribution in [0.3, 0.4) is 0 Å². The maximum Gasteiger partial charge on any atom is 0.337 e. The van der Waals surface area contributed by atoms with E-state index < -0.39 is 17.8 Å². The highest BCUT2D eigenvalue weighted by Crippen LogP contribution is 2.17. The Balaban J connectivity index is 1.93. The van der Waals surface area contributed by atoms with Crippen LogP contribution in [0.1, 0.15) is 27.0 Å². The zero-order valence-electron chi connectivity index (χ0n) is 14.7. The van der Waals surface area contributed by atoms with Gasteiger partial charge in [-0.3, -0.25) is 9.59 Å². The van der Waals surface area contributed by atoms with E-state index in [4.69, 9.17) is 0 Å². The first-order chi connectivity index (χ1) is 12.4. The second kappa shape index (κ2) is 8.57. The van der Waals surface area contributed by atoms with Gasteiger partial charge in [-0.2, -0.15) is 5.10 Å². The minimum atomic E-state index is -0.881. The Morgan fingerprint density at radius 2 is 1.69 bits per heavy atom. The van der Waals surface area contributed by atoms with E-state index in [0.29, 0.717) is 16.8 Å². The van der Waals surface area contributed by atoms with Crippen LogP contribution in [0.15, 0.2) is 47.6 Å². The predicted molar refractivity (Wildman–Crippen MR) is 98.1 cm³/mol. The number of amides is 2. The molecule has 0 unspecified atom stereocenters. The van der Waals surface area contributed by atoms with Crippen LogP contribution >= 0.6 is 0 Å². The highest BCUT2D eigenvalue weighted by atomic mass is 16.5. The minimum Gasteiger partial charge on any atom is -0.465 e. The monoisotopic (exact) mass is 353 g/mol. The summed E-state index contributed by atoms with van der Waals surface area (Å²) in [5, 5.41) is 6.29. The molecular formula is C19H19N3O4. The number of benzene rings is 2. The summed E-state index contributed by atoms with van der Waals surface area (Å²) in [5.74, 6) is -2.13. The first kappa shape index (κ1) is 18.9. The van der Waals surface area contributed by atoms with Gasteiger partial charge in [0.25, 0.3) is 0 Å². The molecule has 7 heteroatoms. The van der Waals surface area contributed by atoms with E-state index in [1.165, 1.54) is 13.3 Å². The van der Waals surface area contributed by atoms with Crippen LogP contribution in [0.4, 0.5) is 5.69 Å². The zero-order chi connectivity index (χ0) is 19.1. The number of hydrazone groups is 1. The largest absolute Gasteiger partial charge is 0.465 e. The topological polar surface area (TPSA) is 96.9 Å². The molecule has 2 rings (SSSR count). The van der Waals surface area contributed by atoms with Gasteiger partial charge in [-0.15, -0.1) is 0 Å². The predicted octanol–water partition coefficient (Wildman–Crippen LogP) is 2.18. The van der Waals surface area contributed by atoms with Gasteiger partial charge in [-0.05, 0) is 48.7 Å². The number of hydrogen-bond donors (Lipinski definition) is 2. The van der Waals surface area contributed by atoms with Crippen LogP contribution in [0.5, 0.6) is 0 Å². The third-order valence-corrected chi connectivity index (χ3v) is 3.77. The van der Waals surface area contributed by atoms with Crippen molar-refractivity contribution in [2.75, 3.05) is 12.4 Å². The lowest BCUT2D eigenvalue weighted by Crippen LogP contribution is -2.32. The van der Waals surface area contributed by atoms with Gasteiger partial charge in [0.2, 0.25) is 0 Å². The summed E-state index contributed by atoms with van der Waals surface area (Å²) < 4.78 is 4.61. The normalized spacial score (nSPS) is 10.4. The molecule has 0 heterocycles. The fourth-order valence-electron chi connectivity index (χ4n) is 2.10. The van der Waals surface area contributed by atoms with Crippen LogP contribution in [0.2, 0.25) is 0 Å². The number of aryl methyl sites for hydroxylation is 1. The molecule has 0 saturated heterocycles. The molecule has 0 saturated carbocycles. The number of rotatable bonds is 4. The van der Waals surface area contributed by atoms with Gasteiger partial charge in [-0.25, -0.2) is 10.2 Å². The van der Waals surface area contributed by atoms with Crippen molar-refractivity contribution in [1.29, 1.82) is 0 Å². The highest BCUT2D eigenvalue weighted by Gasteiger charge is 2.14. The van der Waals surface area contributed by atoms with Crippen molar-refractivity contribution < 1.29 is 19.1 Å². The molecule has 26 heavy (non-hydrogen) atoms. The molecule has 7 nitrogen and oxygen atoms in total. The molecule has 0 fully saturated rings. The first-order valence-electron chi connectivity index (χ1n) is 7.81. The molecule has 2 aromatic carbocycles. The van der Waals surface area contributed by atoms with Crippen molar-refractivity contribution >= 4 is 29.7 Å². The molecular weight excluding hydrogens is 334 g/mol. The SMILES string of the molecule is COC(=O)c1ccc(/C=N\NC(=O)C(=O)Nc2cccc(C)c2C)cc1. The molecule has 0 aromatic heterocycles. The van der Waals surface area contributed by atoms with Gasteiger partial charge in [0.05, 0.1) is 18.9 Å². The number of ether oxygens (including phenoxy) is 1. The lowest BCUT2D eigenvalue weighted by molar-refractivity contribution is -0.136. The van der Waals surface area contributed by atoms with Gasteiger partial charge in [0, 0.05) is 5.69 Å². The van der Waals surface area contributed by atoms with Crippen LogP contribution in [0, 0.1) is 13.8 Å². The fourth-order valence-corrected chi connectivity index (χ4v) is 2.10. The van der Waals surface area contributed by atoms with E-state index in [-0.39, 0.29) is 0 Å². The summed E-state index contributed by atoms with van der Waals surface area (Å²) >= 11 is 0. The van der Waals surface area contributed by atoms with E-state index in [9.17, 15) is 14.4 Å². The molecule has 0 bridgehead atoms. The summed E-state index contributed by atoms with van der Waals surface area (Å²) in [6.07, 6.45) is 1.37. The van der Waals surface area contributed by atoms with Crippen molar-refractivity contribution in [3.8, 4) is 0 Å². The highest BCUT2D eigenvalue weighted by molar-refractivity contribution is 6.39. The second-order valence-corrected chi connectivity index (χ2v) is 5.51. The summed E-state index contributed by atoms with van der Waals surface area (Å²) in [6.45, 7) is 3.78. The van der Waals surface area contributed by atoms with Crippen LogP contribution in [0.25, 0.3) is 0 Å². The van der Waals surface area contributed by atoms with Crippen molar-refractivity contribution in [1.82, 2.24) is 5.43 Å². The second-order valence-electron chi connectivity index (χ2n) is 5.51. The Hall–Kier alpha value is -3.48. The molecule has 0 spiro atoms. The van der Waals surface area contributed by atoms with Gasteiger partial charge in [0.1, 0.15) is 0 Å². The maximum atomic E-state index is 11.9. The smallest absolute Gasteiger partial charge is 0.337 e. The van der Waals surface area contributed by atoms with Crippen molar-refractivity contribution in [3.05, 3.63) is 64.7 Å². The third-order valence-electron chi connectivity index (χ3n) is 3.77. The molecule has 0 radical (unpaired) electrons. The fraction of sp³-hybridized carbons (Fsp3) is 0.158. The molecule has 0 aliphatic carbocycles. The van der Waals surface area contributed by atoms with Crippen LogP contribution in [-0.4, -0.2) is 31.1 Å². The maximum absolute atomic E-state index is 11.9. The Labute approximate surface area is 151 Å². The average molecular weight is 353 g/mol. The molecule has 2 N–H and O–H groups in total. The molecule has 0 aliphatic rings. The molecule has 134 valence electrons. The standard InChI is InChI=1S/C19H19N3O4/c1-12-5-4-6-16(13(12)2)21-17(23)18(24)22-20-11-14-7-9-15(10-8-14)19(25)26-3/h4-11H,1-3H3,(H,21,23)(H,22,24)/b20-11-. The van der Waals surface area contributed by atoms with Gasteiger partial charge >= 0.3 is 17.8 Å². The number of esters is 1. The van der Waals surface area contributed by atoms with Gasteiger partial charge in [-0.1, -0.05) is 24.3 Å². The van der Waals surface area contributed by atoms with E-state index >= 15 is 0 Å². The van der Waals surface area contributed by atoms with E-state index in [1.807, 2.05) is 19.9 Å². The molecule has 0 aliphatic heterocycles. The lowest BCUT2D eigenvalue weighted by atomic mass is 10.1. The zero-order valence-corrected chi connectivity index (χ0v) is 14.7. The molecule has 2 amide bonds. The average Bonchev–Trinajstić information content (AvgIpc) is 2.65. The number of methoxy groups -OCH3 is 1. The first-order valence-corrected chi connectivity index (χ1v) is 7.81. The number of nitrogens with zero attached hydrogens (tertiary/aromatic N) is 1. The Morgan fingerprint density at radius 1 is 1.00 bits per heavy atom. The Morgan fingerprint density at radius 3 is 2.35 bits per heavy atom. The van der Waals surface area contributed by atoms with Gasteiger partial charge < -0.3 is 10.1 Å². The number of carbonyl (C=O) groups excluding carboxylic acids is 3. The Bertz CT molecular complexity index is 858. The lowest BCUT2D eigenvalue weighted by Gasteiger charge is -2.09. The number of hydrogen-bond acceptors (Lipinski definition) is 5. The summed E-state index contributed by atoms with van der Waals surface area (Å²) in [6, 6.07) is 11.9. The van der Waals surface area contributed by atoms with Crippen molar-refractivity contribution in [3.63, 3.8) is 0 Å². The van der Waals surface area contributed by atoms with Crippen molar-refractivity contribution in [2.24, 2.45) is 5.10 Å². The summed E-state index contributed by atoms with van der Waals surface area (Å²) in [5.41, 5.74) is 5.69. The minimum absolute atomic E-state index is 0.404. The van der Waals surface area contributed by atoms with E-state index in [2.05, 4.69) is 20.6 Å². The van der Waals surface area contributed by atoms with Gasteiger partial charge in [0.15, 0.2) is 0 Å². The summed E-state index contributed by atoms with van der Waals surface area (Å²) in [4.78, 5) is 35.1. The van der Waals surface area contributed by atoms with E-state index in [1.54, 1.807) is 36.4 Å². The third kappa shape index (κ3) is 4.76. The Kier molecular flexibility index (Phi) is 6.21. The van der Waals surface area contributed by atoms with Crippen LogP contribution < -0.4 is 10.7 Å². The number of carbonyl (C=O) groups is 3. The quantitative estimate of drug-likeness (QED) is 0.381.